The van der Waals surface area contributed by atoms with Crippen molar-refractivity contribution in [3.05, 3.63) is 0 Å². The summed E-state index contributed by atoms with van der Waals surface area (Å²) in [5.41, 5.74) is 5.39. The van der Waals surface area contributed by atoms with Crippen molar-refractivity contribution >= 4 is 5.84 Å². The minimum Gasteiger partial charge on any atom is -0.409 e. The van der Waals surface area contributed by atoms with Crippen LogP contribution < -0.4 is 11.1 Å². The second kappa shape index (κ2) is 5.83. The zero-order valence-electron chi connectivity index (χ0n) is 8.04. The lowest BCUT2D eigenvalue weighted by molar-refractivity contribution is 0.315. The lowest BCUT2D eigenvalue weighted by Gasteiger charge is -2.18. The van der Waals surface area contributed by atoms with Crippen LogP contribution in [0.4, 0.5) is 0 Å². The molecular weight excluding hydrogens is 154 g/mol. The number of nitrogens with one attached hydrogen (secondary N) is 1. The second-order valence-corrected chi connectivity index (χ2v) is 3.22. The number of hydrogen-bond acceptors (Lipinski definition) is 3. The Balaban J connectivity index is 3.83. The van der Waals surface area contributed by atoms with Crippen molar-refractivity contribution < 1.29 is 5.21 Å². The van der Waals surface area contributed by atoms with Gasteiger partial charge in [0.1, 0.15) is 5.84 Å². The number of amidine groups is 1. The van der Waals surface area contributed by atoms with Crippen molar-refractivity contribution in [1.29, 1.82) is 0 Å². The van der Waals surface area contributed by atoms with Crippen LogP contribution in [0.3, 0.4) is 0 Å². The second-order valence-electron chi connectivity index (χ2n) is 3.22. The Kier molecular flexibility index (Phi) is 5.45. The van der Waals surface area contributed by atoms with Gasteiger partial charge in [-0.15, -0.1) is 0 Å². The number of hydrogen-bond donors (Lipinski definition) is 3. The molecule has 1 unspecified atom stereocenters. The zero-order valence-corrected chi connectivity index (χ0v) is 8.04. The Labute approximate surface area is 73.8 Å². The summed E-state index contributed by atoms with van der Waals surface area (Å²) in [5.74, 6) is 0.287. The quantitative estimate of drug-likeness (QED) is 0.250. The molecule has 0 aromatic carbocycles. The lowest BCUT2D eigenvalue weighted by atomic mass is 10.1. The van der Waals surface area contributed by atoms with E-state index in [0.29, 0.717) is 18.5 Å². The average molecular weight is 173 g/mol. The van der Waals surface area contributed by atoms with Gasteiger partial charge in [0.2, 0.25) is 0 Å². The fourth-order valence-corrected chi connectivity index (χ4v) is 1.09. The van der Waals surface area contributed by atoms with E-state index in [2.05, 4.69) is 31.2 Å². The first-order valence-electron chi connectivity index (χ1n) is 4.32. The van der Waals surface area contributed by atoms with Crippen molar-refractivity contribution in [1.82, 2.24) is 5.32 Å². The molecule has 0 aliphatic carbocycles. The third kappa shape index (κ3) is 4.96. The highest BCUT2D eigenvalue weighted by atomic mass is 16.4. The van der Waals surface area contributed by atoms with Gasteiger partial charge in [-0.25, -0.2) is 0 Å². The SMILES string of the molecule is CCC(CC(N)=NO)NC(C)C. The summed E-state index contributed by atoms with van der Waals surface area (Å²) in [6, 6.07) is 0.738. The average Bonchev–Trinajstić information content (AvgIpc) is 2.02. The van der Waals surface area contributed by atoms with Gasteiger partial charge in [-0.1, -0.05) is 25.9 Å². The van der Waals surface area contributed by atoms with Crippen LogP contribution >= 0.6 is 0 Å². The fourth-order valence-electron chi connectivity index (χ4n) is 1.09. The molecule has 0 amide bonds. The summed E-state index contributed by atoms with van der Waals surface area (Å²) in [6.07, 6.45) is 1.58. The first-order valence-corrected chi connectivity index (χ1v) is 4.32. The predicted molar refractivity (Wildman–Crippen MR) is 50.4 cm³/mol. The van der Waals surface area contributed by atoms with Crippen molar-refractivity contribution in [2.45, 2.75) is 45.7 Å². The molecule has 0 aliphatic rings. The first kappa shape index (κ1) is 11.2. The highest BCUT2D eigenvalue weighted by Crippen LogP contribution is 1.98. The molecule has 1 atom stereocenters. The van der Waals surface area contributed by atoms with Gasteiger partial charge in [-0.2, -0.15) is 0 Å². The summed E-state index contributed by atoms with van der Waals surface area (Å²) in [4.78, 5) is 0. The molecule has 0 aromatic rings. The highest BCUT2D eigenvalue weighted by molar-refractivity contribution is 5.80. The van der Waals surface area contributed by atoms with Gasteiger partial charge in [0.05, 0.1) is 0 Å². The minimum atomic E-state index is 0.287. The van der Waals surface area contributed by atoms with Crippen LogP contribution in [-0.4, -0.2) is 23.1 Å². The molecule has 12 heavy (non-hydrogen) atoms. The molecule has 0 rings (SSSR count). The molecule has 0 spiro atoms. The number of rotatable bonds is 5. The molecule has 0 saturated heterocycles. The molecule has 0 radical (unpaired) electrons. The van der Waals surface area contributed by atoms with E-state index in [4.69, 9.17) is 10.9 Å². The van der Waals surface area contributed by atoms with Crippen molar-refractivity contribution in [2.75, 3.05) is 0 Å². The van der Waals surface area contributed by atoms with E-state index in [1.165, 1.54) is 0 Å². The Hall–Kier alpha value is -0.770. The topological polar surface area (TPSA) is 70.6 Å². The Bertz CT molecular complexity index is 145. The van der Waals surface area contributed by atoms with Crippen molar-refractivity contribution in [2.24, 2.45) is 10.9 Å². The predicted octanol–water partition coefficient (Wildman–Crippen LogP) is 0.900. The first-order chi connectivity index (χ1) is 5.60. The molecule has 0 bridgehead atoms. The molecular formula is C8H19N3O. The molecule has 72 valence electrons. The van der Waals surface area contributed by atoms with E-state index in [0.717, 1.165) is 6.42 Å². The van der Waals surface area contributed by atoms with Gasteiger partial charge in [0.15, 0.2) is 0 Å². The maximum atomic E-state index is 8.35. The third-order valence-corrected chi connectivity index (χ3v) is 1.65. The largest absolute Gasteiger partial charge is 0.409 e. The summed E-state index contributed by atoms with van der Waals surface area (Å²) in [7, 11) is 0. The molecule has 4 N–H and O–H groups in total. The molecule has 4 nitrogen and oxygen atoms in total. The standard InChI is InChI=1S/C8H19N3O/c1-4-7(10-6(2)3)5-8(9)11-12/h6-7,10,12H,4-5H2,1-3H3,(H2,9,11). The van der Waals surface area contributed by atoms with Gasteiger partial charge in [-0.3, -0.25) is 0 Å². The van der Waals surface area contributed by atoms with Crippen molar-refractivity contribution in [3.8, 4) is 0 Å². The van der Waals surface area contributed by atoms with Gasteiger partial charge in [0, 0.05) is 18.5 Å². The van der Waals surface area contributed by atoms with E-state index in [1.54, 1.807) is 0 Å². The van der Waals surface area contributed by atoms with Crippen LogP contribution in [0, 0.1) is 0 Å². The summed E-state index contributed by atoms with van der Waals surface area (Å²) in [5, 5.41) is 14.6. The molecule has 0 heterocycles. The van der Waals surface area contributed by atoms with Crippen LogP contribution in [0.5, 0.6) is 0 Å². The number of oxime groups is 1. The van der Waals surface area contributed by atoms with Crippen LogP contribution in [0.2, 0.25) is 0 Å². The molecule has 4 heteroatoms. The maximum absolute atomic E-state index is 8.35. The summed E-state index contributed by atoms with van der Waals surface area (Å²) >= 11 is 0. The smallest absolute Gasteiger partial charge is 0.140 e. The monoisotopic (exact) mass is 173 g/mol. The van der Waals surface area contributed by atoms with Crippen LogP contribution in [0.15, 0.2) is 5.16 Å². The highest BCUT2D eigenvalue weighted by Gasteiger charge is 2.08. The van der Waals surface area contributed by atoms with Crippen LogP contribution in [0.1, 0.15) is 33.6 Å². The third-order valence-electron chi connectivity index (χ3n) is 1.65. The normalized spacial score (nSPS) is 15.2. The van der Waals surface area contributed by atoms with E-state index in [-0.39, 0.29) is 5.84 Å². The fraction of sp³-hybridized carbons (Fsp3) is 0.875. The van der Waals surface area contributed by atoms with Gasteiger partial charge < -0.3 is 16.3 Å². The maximum Gasteiger partial charge on any atom is 0.140 e. The Morgan fingerprint density at radius 1 is 1.58 bits per heavy atom. The summed E-state index contributed by atoms with van der Waals surface area (Å²) < 4.78 is 0. The van der Waals surface area contributed by atoms with Crippen LogP contribution in [-0.2, 0) is 0 Å². The van der Waals surface area contributed by atoms with Gasteiger partial charge >= 0.3 is 0 Å². The van der Waals surface area contributed by atoms with E-state index in [9.17, 15) is 0 Å². The van der Waals surface area contributed by atoms with E-state index >= 15 is 0 Å². The van der Waals surface area contributed by atoms with Crippen molar-refractivity contribution in [3.63, 3.8) is 0 Å². The molecule has 0 aliphatic heterocycles. The molecule has 0 aromatic heterocycles. The van der Waals surface area contributed by atoms with Gasteiger partial charge in [0.25, 0.3) is 0 Å². The van der Waals surface area contributed by atoms with E-state index in [1.807, 2.05) is 0 Å². The van der Waals surface area contributed by atoms with Crippen LogP contribution in [0.25, 0.3) is 0 Å². The number of nitrogens with two attached hydrogens (primary N) is 1. The lowest BCUT2D eigenvalue weighted by Crippen LogP contribution is -2.37. The zero-order chi connectivity index (χ0) is 9.56. The molecule has 0 saturated carbocycles. The molecule has 0 fully saturated rings. The summed E-state index contributed by atoms with van der Waals surface area (Å²) in [6.45, 7) is 6.23. The van der Waals surface area contributed by atoms with E-state index < -0.39 is 0 Å². The number of nitrogens with zero attached hydrogens (tertiary/aromatic N) is 1. The minimum absolute atomic E-state index is 0.287. The van der Waals surface area contributed by atoms with Gasteiger partial charge in [-0.05, 0) is 6.42 Å². The Morgan fingerprint density at radius 2 is 2.17 bits per heavy atom. The Morgan fingerprint density at radius 3 is 2.50 bits per heavy atom.